The van der Waals surface area contributed by atoms with Gasteiger partial charge >= 0.3 is 7.68 Å². The molecular weight excluding hydrogens is 489 g/mol. The largest absolute Gasteiger partial charge is 0.394 e. The van der Waals surface area contributed by atoms with Crippen LogP contribution in [0.4, 0.5) is 0 Å². The van der Waals surface area contributed by atoms with Crippen LogP contribution in [0.1, 0.15) is 116 Å². The van der Waals surface area contributed by atoms with Gasteiger partial charge in [-0.15, -0.1) is 0 Å². The molecule has 8 heteroatoms. The molecule has 1 amide bonds. The number of unbranched alkanes of at least 4 members (excludes halogenated alkanes) is 11. The third-order valence-electron chi connectivity index (χ3n) is 6.12. The maximum absolute atomic E-state index is 11.9. The summed E-state index contributed by atoms with van der Waals surface area (Å²) < 4.78 is 25.5. The normalized spacial score (nSPS) is 12.3. The average Bonchev–Trinajstić information content (AvgIpc) is 2.90. The smallest absolute Gasteiger partial charge is 0.347 e. The summed E-state index contributed by atoms with van der Waals surface area (Å²) >= 11 is 0. The van der Waals surface area contributed by atoms with Crippen molar-refractivity contribution >= 4 is 13.6 Å². The van der Waals surface area contributed by atoms with Crippen LogP contribution >= 0.6 is 7.68 Å². The number of aliphatic hydroxyl groups excluding tert-OH is 2. The fourth-order valence-electron chi connectivity index (χ4n) is 3.84. The maximum Gasteiger partial charge on any atom is 0.347 e. The van der Waals surface area contributed by atoms with Crippen LogP contribution in [0.25, 0.3) is 0 Å². The van der Waals surface area contributed by atoms with Gasteiger partial charge in [0.2, 0.25) is 5.91 Å². The molecule has 0 radical (unpaired) electrons. The predicted octanol–water partition coefficient (Wildman–Crippen LogP) is 7.05. The zero-order valence-electron chi connectivity index (χ0n) is 23.2. The number of hydrogen-bond donors (Lipinski definition) is 3. The van der Waals surface area contributed by atoms with Crippen molar-refractivity contribution in [3.8, 4) is 0 Å². The quantitative estimate of drug-likeness (QED) is 0.107. The van der Waals surface area contributed by atoms with E-state index < -0.39 is 13.5 Å². The summed E-state index contributed by atoms with van der Waals surface area (Å²) in [6, 6.07) is 9.30. The number of aliphatic hydroxyl groups is 2. The van der Waals surface area contributed by atoms with Gasteiger partial charge in [-0.25, -0.2) is 9.13 Å². The van der Waals surface area contributed by atoms with E-state index in [1.165, 1.54) is 64.2 Å². The topological polar surface area (TPSA) is 113 Å². The second-order valence-electron chi connectivity index (χ2n) is 9.64. The Morgan fingerprint density at radius 3 is 1.95 bits per heavy atom. The standard InChI is InChI=1S/C20H41NO2.C9H11O4P/c1-3-5-7-9-10-11-12-13-15-17-20(23)21-19(18-22)16-14-8-6-4-2;10-9(14(11)12)7-13-6-8-4-2-1-3-5-8/h19,22H,3-18H2,1-2H3,(H,21,23);1-5,9-10H,6-7H2. The Morgan fingerprint density at radius 2 is 1.41 bits per heavy atom. The van der Waals surface area contributed by atoms with Crippen LogP contribution in [0.3, 0.4) is 0 Å². The van der Waals surface area contributed by atoms with Crippen molar-refractivity contribution < 1.29 is 28.9 Å². The van der Waals surface area contributed by atoms with Gasteiger partial charge in [-0.1, -0.05) is 121 Å². The predicted molar refractivity (Wildman–Crippen MR) is 150 cm³/mol. The first-order valence-corrected chi connectivity index (χ1v) is 15.5. The molecule has 2 unspecified atom stereocenters. The van der Waals surface area contributed by atoms with Crippen molar-refractivity contribution in [1.29, 1.82) is 0 Å². The highest BCUT2D eigenvalue weighted by Crippen LogP contribution is 2.12. The second-order valence-corrected chi connectivity index (χ2v) is 10.8. The minimum Gasteiger partial charge on any atom is -0.394 e. The van der Waals surface area contributed by atoms with Gasteiger partial charge in [0.25, 0.3) is 0 Å². The van der Waals surface area contributed by atoms with Crippen molar-refractivity contribution in [3.63, 3.8) is 0 Å². The summed E-state index contributed by atoms with van der Waals surface area (Å²) in [5.74, 6) is -1.30. The van der Waals surface area contributed by atoms with E-state index in [-0.39, 0.29) is 25.2 Å². The number of ether oxygens (including phenoxy) is 1. The highest BCUT2D eigenvalue weighted by Gasteiger charge is 2.11. The highest BCUT2D eigenvalue weighted by atomic mass is 31.1. The van der Waals surface area contributed by atoms with E-state index in [0.29, 0.717) is 13.0 Å². The van der Waals surface area contributed by atoms with Crippen molar-refractivity contribution in [1.82, 2.24) is 5.32 Å². The summed E-state index contributed by atoms with van der Waals surface area (Å²) in [5.41, 5.74) is 0.945. The molecule has 7 nitrogen and oxygen atoms in total. The minimum atomic E-state index is -2.81. The third kappa shape index (κ3) is 23.3. The molecule has 0 saturated carbocycles. The fraction of sp³-hybridized carbons (Fsp3) is 0.759. The van der Waals surface area contributed by atoms with Crippen molar-refractivity contribution in [2.75, 3.05) is 13.2 Å². The van der Waals surface area contributed by atoms with Crippen LogP contribution < -0.4 is 5.32 Å². The second kappa shape index (κ2) is 26.1. The van der Waals surface area contributed by atoms with Crippen molar-refractivity contribution in [3.05, 3.63) is 35.9 Å². The van der Waals surface area contributed by atoms with E-state index >= 15 is 0 Å². The van der Waals surface area contributed by atoms with Crippen LogP contribution in [0, 0.1) is 0 Å². The van der Waals surface area contributed by atoms with Crippen LogP contribution in [-0.4, -0.2) is 41.2 Å². The van der Waals surface area contributed by atoms with E-state index in [4.69, 9.17) is 9.84 Å². The lowest BCUT2D eigenvalue weighted by Gasteiger charge is -2.16. The Hall–Kier alpha value is -1.53. The number of amides is 1. The van der Waals surface area contributed by atoms with E-state index in [1.54, 1.807) is 0 Å². The maximum atomic E-state index is 11.9. The van der Waals surface area contributed by atoms with Gasteiger partial charge in [0.05, 0.1) is 25.9 Å². The van der Waals surface area contributed by atoms with Crippen LogP contribution in [0.15, 0.2) is 30.3 Å². The molecule has 0 aliphatic carbocycles. The number of carbonyl (C=O) groups excluding carboxylic acids is 1. The Bertz CT molecular complexity index is 706. The number of benzene rings is 1. The zero-order chi connectivity index (χ0) is 27.6. The summed E-state index contributed by atoms with van der Waals surface area (Å²) in [7, 11) is -2.81. The van der Waals surface area contributed by atoms with Gasteiger partial charge in [-0.2, -0.15) is 0 Å². The molecule has 214 valence electrons. The summed E-state index contributed by atoms with van der Waals surface area (Å²) in [6.07, 6.45) is 17.7. The molecule has 0 bridgehead atoms. The Balaban J connectivity index is 0.000000785. The number of carbonyl (C=O) groups is 1. The molecular formula is C29H52NO6P. The lowest BCUT2D eigenvalue weighted by molar-refractivity contribution is -0.122. The first-order valence-electron chi connectivity index (χ1n) is 14.3. The lowest BCUT2D eigenvalue weighted by Crippen LogP contribution is -2.37. The van der Waals surface area contributed by atoms with Gasteiger partial charge in [0, 0.05) is 6.42 Å². The Kier molecular flexibility index (Phi) is 25.0. The minimum absolute atomic E-state index is 0.0436. The van der Waals surface area contributed by atoms with E-state index in [0.717, 1.165) is 31.2 Å². The monoisotopic (exact) mass is 541 g/mol. The summed E-state index contributed by atoms with van der Waals surface area (Å²) in [4.78, 5) is 11.9. The van der Waals surface area contributed by atoms with Gasteiger partial charge < -0.3 is 20.3 Å². The number of rotatable bonds is 22. The lowest BCUT2D eigenvalue weighted by atomic mass is 10.1. The highest BCUT2D eigenvalue weighted by molar-refractivity contribution is 7.31. The molecule has 2 atom stereocenters. The summed E-state index contributed by atoms with van der Waals surface area (Å²) in [5, 5.41) is 21.2. The van der Waals surface area contributed by atoms with E-state index in [2.05, 4.69) is 19.2 Å². The number of nitrogens with one attached hydrogen (secondary N) is 1. The molecule has 0 aliphatic heterocycles. The average molecular weight is 542 g/mol. The number of hydrogen-bond acceptors (Lipinski definition) is 6. The molecule has 0 heterocycles. The molecule has 3 N–H and O–H groups in total. The van der Waals surface area contributed by atoms with E-state index in [9.17, 15) is 19.0 Å². The van der Waals surface area contributed by atoms with Gasteiger partial charge in [-0.05, 0) is 18.4 Å². The molecule has 1 rings (SSSR count). The third-order valence-corrected chi connectivity index (χ3v) is 6.76. The fourth-order valence-corrected chi connectivity index (χ4v) is 4.07. The molecule has 37 heavy (non-hydrogen) atoms. The van der Waals surface area contributed by atoms with Crippen molar-refractivity contribution in [2.24, 2.45) is 0 Å². The first-order chi connectivity index (χ1) is 17.9. The van der Waals surface area contributed by atoms with Crippen molar-refractivity contribution in [2.45, 2.75) is 129 Å². The molecule has 0 spiro atoms. The zero-order valence-corrected chi connectivity index (χ0v) is 24.1. The van der Waals surface area contributed by atoms with E-state index in [1.807, 2.05) is 30.3 Å². The Labute approximate surface area is 225 Å². The van der Waals surface area contributed by atoms with Crippen LogP contribution in [-0.2, 0) is 25.3 Å². The molecule has 0 saturated heterocycles. The summed E-state index contributed by atoms with van der Waals surface area (Å²) in [6.45, 7) is 4.62. The van der Waals surface area contributed by atoms with Gasteiger partial charge in [0.15, 0.2) is 5.85 Å². The first kappa shape index (κ1) is 35.5. The molecule has 0 fully saturated rings. The molecule has 1 aromatic carbocycles. The van der Waals surface area contributed by atoms with Crippen LogP contribution in [0.5, 0.6) is 0 Å². The SMILES string of the molecule is CCCCCCCCCCCC(=O)NC(CO)CCCCCC.O=P(=O)C(O)COCc1ccccc1. The molecule has 0 aliphatic rings. The molecule has 0 aromatic heterocycles. The van der Waals surface area contributed by atoms with Gasteiger partial charge in [0.1, 0.15) is 0 Å². The van der Waals surface area contributed by atoms with Crippen LogP contribution in [0.2, 0.25) is 0 Å². The molecule has 1 aromatic rings. The van der Waals surface area contributed by atoms with Gasteiger partial charge in [-0.3, -0.25) is 4.79 Å². The Morgan fingerprint density at radius 1 is 0.865 bits per heavy atom.